The summed E-state index contributed by atoms with van der Waals surface area (Å²) in [4.78, 5) is 15.8. The molecular formula is C22H22F4N2O2. The van der Waals surface area contributed by atoms with Gasteiger partial charge in [-0.2, -0.15) is 0 Å². The lowest BCUT2D eigenvalue weighted by atomic mass is 9.85. The van der Waals surface area contributed by atoms with Crippen LogP contribution in [-0.2, 0) is 11.3 Å². The second-order valence-corrected chi connectivity index (χ2v) is 7.98. The van der Waals surface area contributed by atoms with Crippen molar-refractivity contribution in [1.29, 1.82) is 0 Å². The summed E-state index contributed by atoms with van der Waals surface area (Å²) in [5.41, 5.74) is 0.925. The number of carbonyl (C=O) groups excluding carboxylic acids is 1. The van der Waals surface area contributed by atoms with Gasteiger partial charge in [-0.15, -0.1) is 0 Å². The number of phenolic OH excluding ortho intramolecular Hbond substituents is 1. The summed E-state index contributed by atoms with van der Waals surface area (Å²) in [6.07, 6.45) is 0.618. The molecule has 4 nitrogen and oxygen atoms in total. The first-order valence-corrected chi connectivity index (χ1v) is 9.88. The summed E-state index contributed by atoms with van der Waals surface area (Å²) in [5, 5.41) is 9.38. The second-order valence-electron chi connectivity index (χ2n) is 7.98. The van der Waals surface area contributed by atoms with Crippen molar-refractivity contribution < 1.29 is 27.5 Å². The Bertz CT molecular complexity index is 935. The lowest BCUT2D eigenvalue weighted by Gasteiger charge is -2.40. The molecule has 1 N–H and O–H groups in total. The topological polar surface area (TPSA) is 43.8 Å². The van der Waals surface area contributed by atoms with Crippen molar-refractivity contribution in [3.63, 3.8) is 0 Å². The largest absolute Gasteiger partial charge is 0.508 e. The third-order valence-corrected chi connectivity index (χ3v) is 5.99. The predicted octanol–water partition coefficient (Wildman–Crippen LogP) is 3.90. The highest BCUT2D eigenvalue weighted by Crippen LogP contribution is 2.42. The molecule has 2 atom stereocenters. The Hall–Kier alpha value is -2.61. The number of hydrogen-bond donors (Lipinski definition) is 1. The van der Waals surface area contributed by atoms with Crippen LogP contribution in [0.3, 0.4) is 0 Å². The van der Waals surface area contributed by atoms with E-state index in [1.807, 2.05) is 0 Å². The number of phenols is 1. The number of hydrogen-bond acceptors (Lipinski definition) is 3. The molecule has 0 bridgehead atoms. The van der Waals surface area contributed by atoms with Crippen LogP contribution in [0.2, 0.25) is 0 Å². The summed E-state index contributed by atoms with van der Waals surface area (Å²) in [5.74, 6) is -6.15. The normalized spacial score (nSPS) is 24.4. The molecule has 2 fully saturated rings. The van der Waals surface area contributed by atoms with E-state index in [0.717, 1.165) is 12.1 Å². The van der Waals surface area contributed by atoms with E-state index in [-0.39, 0.29) is 24.6 Å². The molecule has 30 heavy (non-hydrogen) atoms. The van der Waals surface area contributed by atoms with Crippen LogP contribution < -0.4 is 0 Å². The Morgan fingerprint density at radius 2 is 1.73 bits per heavy atom. The van der Waals surface area contributed by atoms with Crippen LogP contribution >= 0.6 is 0 Å². The maximum atomic E-state index is 14.9. The molecular weight excluding hydrogens is 400 g/mol. The van der Waals surface area contributed by atoms with E-state index in [2.05, 4.69) is 0 Å². The SMILES string of the molecule is O=C1[C@@H](N2CCC(c3ccc(O)cc3)C(F)(F)C2)CCN1Cc1ccc(F)c(F)c1. The first kappa shape index (κ1) is 20.7. The number of piperidine rings is 1. The molecule has 2 aromatic carbocycles. The van der Waals surface area contributed by atoms with Gasteiger partial charge in [-0.3, -0.25) is 9.69 Å². The molecule has 160 valence electrons. The summed E-state index contributed by atoms with van der Waals surface area (Å²) < 4.78 is 56.3. The number of nitrogens with zero attached hydrogens (tertiary/aromatic N) is 2. The molecule has 1 unspecified atom stereocenters. The second kappa shape index (κ2) is 7.91. The van der Waals surface area contributed by atoms with E-state index in [4.69, 9.17) is 0 Å². The summed E-state index contributed by atoms with van der Waals surface area (Å²) in [7, 11) is 0. The maximum Gasteiger partial charge on any atom is 0.267 e. The van der Waals surface area contributed by atoms with E-state index in [1.54, 1.807) is 0 Å². The van der Waals surface area contributed by atoms with Gasteiger partial charge >= 0.3 is 0 Å². The fourth-order valence-electron chi connectivity index (χ4n) is 4.43. The van der Waals surface area contributed by atoms with Gasteiger partial charge in [0.1, 0.15) is 5.75 Å². The standard InChI is InChI=1S/C22H22F4N2O2/c23-18-6-1-14(11-19(18)24)12-27-10-8-20(21(27)30)28-9-7-17(22(25,26)13-28)15-2-4-16(29)5-3-15/h1-6,11,17,20,29H,7-10,12-13H2/t17?,20-/m0/s1. The van der Waals surface area contributed by atoms with Crippen molar-refractivity contribution in [2.75, 3.05) is 19.6 Å². The first-order valence-electron chi connectivity index (χ1n) is 9.88. The number of halogens is 4. The van der Waals surface area contributed by atoms with Crippen molar-refractivity contribution in [3.8, 4) is 5.75 Å². The summed E-state index contributed by atoms with van der Waals surface area (Å²) in [6.45, 7) is 0.337. The molecule has 2 aliphatic rings. The summed E-state index contributed by atoms with van der Waals surface area (Å²) in [6, 6.07) is 8.65. The lowest BCUT2D eigenvalue weighted by Crippen LogP contribution is -2.53. The van der Waals surface area contributed by atoms with Crippen LogP contribution in [0.15, 0.2) is 42.5 Å². The highest BCUT2D eigenvalue weighted by Gasteiger charge is 2.49. The van der Waals surface area contributed by atoms with Gasteiger partial charge in [0, 0.05) is 13.1 Å². The molecule has 2 aromatic rings. The van der Waals surface area contributed by atoms with Gasteiger partial charge in [0.05, 0.1) is 18.5 Å². The molecule has 0 saturated carbocycles. The molecule has 0 radical (unpaired) electrons. The molecule has 2 heterocycles. The molecule has 8 heteroatoms. The van der Waals surface area contributed by atoms with Gasteiger partial charge < -0.3 is 10.0 Å². The third kappa shape index (κ3) is 4.01. The molecule has 2 saturated heterocycles. The number of carbonyl (C=O) groups is 1. The molecule has 0 aliphatic carbocycles. The Morgan fingerprint density at radius 1 is 1.00 bits per heavy atom. The van der Waals surface area contributed by atoms with E-state index in [9.17, 15) is 27.5 Å². The van der Waals surface area contributed by atoms with Gasteiger partial charge in [0.15, 0.2) is 11.6 Å². The van der Waals surface area contributed by atoms with Gasteiger partial charge in [0.2, 0.25) is 5.91 Å². The number of rotatable bonds is 4. The van der Waals surface area contributed by atoms with Crippen LogP contribution in [0.25, 0.3) is 0 Å². The van der Waals surface area contributed by atoms with Gasteiger partial charge in [-0.25, -0.2) is 17.6 Å². The Labute approximate surface area is 171 Å². The van der Waals surface area contributed by atoms with Crippen LogP contribution in [0.1, 0.15) is 29.9 Å². The minimum Gasteiger partial charge on any atom is -0.508 e. The van der Waals surface area contributed by atoms with E-state index in [0.29, 0.717) is 30.6 Å². The monoisotopic (exact) mass is 422 g/mol. The van der Waals surface area contributed by atoms with Gasteiger partial charge in [-0.05, 0) is 54.8 Å². The fourth-order valence-corrected chi connectivity index (χ4v) is 4.43. The number of likely N-dealkylation sites (tertiary alicyclic amines) is 2. The number of benzene rings is 2. The van der Waals surface area contributed by atoms with Crippen molar-refractivity contribution in [2.24, 2.45) is 0 Å². The number of alkyl halides is 2. The molecule has 0 spiro atoms. The van der Waals surface area contributed by atoms with Crippen LogP contribution in [0.4, 0.5) is 17.6 Å². The number of amides is 1. The summed E-state index contributed by atoms with van der Waals surface area (Å²) >= 11 is 0. The molecule has 4 rings (SSSR count). The Balaban J connectivity index is 1.42. The molecule has 1 amide bonds. The maximum absolute atomic E-state index is 14.9. The van der Waals surface area contributed by atoms with E-state index in [1.165, 1.54) is 40.1 Å². The van der Waals surface area contributed by atoms with E-state index < -0.39 is 36.1 Å². The number of aromatic hydroxyl groups is 1. The van der Waals surface area contributed by atoms with Crippen LogP contribution in [-0.4, -0.2) is 52.4 Å². The average Bonchev–Trinajstić information content (AvgIpc) is 3.05. The van der Waals surface area contributed by atoms with Gasteiger partial charge in [-0.1, -0.05) is 18.2 Å². The zero-order valence-electron chi connectivity index (χ0n) is 16.2. The van der Waals surface area contributed by atoms with Crippen molar-refractivity contribution >= 4 is 5.91 Å². The molecule has 0 aromatic heterocycles. The van der Waals surface area contributed by atoms with Crippen LogP contribution in [0.5, 0.6) is 5.75 Å². The third-order valence-electron chi connectivity index (χ3n) is 5.99. The predicted molar refractivity (Wildman–Crippen MR) is 102 cm³/mol. The molecule has 2 aliphatic heterocycles. The fraction of sp³-hybridized carbons (Fsp3) is 0.409. The first-order chi connectivity index (χ1) is 14.2. The van der Waals surface area contributed by atoms with Crippen molar-refractivity contribution in [2.45, 2.75) is 37.3 Å². The minimum atomic E-state index is -3.01. The quantitative estimate of drug-likeness (QED) is 0.761. The smallest absolute Gasteiger partial charge is 0.267 e. The highest BCUT2D eigenvalue weighted by atomic mass is 19.3. The lowest BCUT2D eigenvalue weighted by molar-refractivity contribution is -0.138. The zero-order valence-corrected chi connectivity index (χ0v) is 16.2. The Kier molecular flexibility index (Phi) is 5.44. The van der Waals surface area contributed by atoms with Crippen molar-refractivity contribution in [3.05, 3.63) is 65.2 Å². The van der Waals surface area contributed by atoms with Gasteiger partial charge in [0.25, 0.3) is 5.92 Å². The average molecular weight is 422 g/mol. The van der Waals surface area contributed by atoms with Crippen LogP contribution in [0, 0.1) is 11.6 Å². The highest BCUT2D eigenvalue weighted by molar-refractivity contribution is 5.84. The zero-order chi connectivity index (χ0) is 21.5. The van der Waals surface area contributed by atoms with E-state index >= 15 is 0 Å². The minimum absolute atomic E-state index is 0.0252. The van der Waals surface area contributed by atoms with Crippen molar-refractivity contribution in [1.82, 2.24) is 9.80 Å². The Morgan fingerprint density at radius 3 is 2.40 bits per heavy atom.